The summed E-state index contributed by atoms with van der Waals surface area (Å²) in [6.07, 6.45) is -0.747. The standard InChI is InChI=1S/C20H15ClN4O4/c1-13(26)19-22-24(15-7-3-2-4-8-15)20(17-10-11-18(29-17)25(27)28)23(19)16-9-5-6-14(21)12-16/h2-12,20H,1H3/t20-/m0/s1. The number of hydrogen-bond acceptors (Lipinski definition) is 7. The first-order valence-electron chi connectivity index (χ1n) is 8.68. The SMILES string of the molecule is CC(=O)C1=NN(c2ccccc2)[C@@H](c2ccc([N+](=O)[O-])o2)N1c1cccc(Cl)c1. The molecule has 0 saturated carbocycles. The minimum Gasteiger partial charge on any atom is -0.401 e. The number of anilines is 2. The van der Waals surface area contributed by atoms with Crippen LogP contribution in [0.1, 0.15) is 18.8 Å². The fraction of sp³-hybridized carbons (Fsp3) is 0.100. The Hall–Kier alpha value is -3.65. The van der Waals surface area contributed by atoms with Crippen LogP contribution in [0.3, 0.4) is 0 Å². The third-order valence-corrected chi connectivity index (χ3v) is 4.61. The lowest BCUT2D eigenvalue weighted by molar-refractivity contribution is -0.402. The second-order valence-corrected chi connectivity index (χ2v) is 6.75. The molecule has 0 fully saturated rings. The van der Waals surface area contributed by atoms with Gasteiger partial charge in [0.25, 0.3) is 0 Å². The van der Waals surface area contributed by atoms with E-state index in [4.69, 9.17) is 16.0 Å². The Bertz CT molecular complexity index is 1110. The summed E-state index contributed by atoms with van der Waals surface area (Å²) >= 11 is 6.17. The van der Waals surface area contributed by atoms with Gasteiger partial charge in [-0.1, -0.05) is 35.9 Å². The molecule has 3 aromatic rings. The molecule has 9 heteroatoms. The first-order valence-corrected chi connectivity index (χ1v) is 9.06. The van der Waals surface area contributed by atoms with Crippen molar-refractivity contribution in [3.05, 3.63) is 87.6 Å². The van der Waals surface area contributed by atoms with Gasteiger partial charge in [0, 0.05) is 17.6 Å². The number of carbonyl (C=O) groups is 1. The van der Waals surface area contributed by atoms with Crippen molar-refractivity contribution >= 4 is 40.5 Å². The van der Waals surface area contributed by atoms with Crippen LogP contribution >= 0.6 is 11.6 Å². The minimum atomic E-state index is -0.747. The smallest absolute Gasteiger partial charge is 0.401 e. The van der Waals surface area contributed by atoms with Crippen molar-refractivity contribution in [3.8, 4) is 0 Å². The molecule has 0 unspecified atom stereocenters. The molecule has 0 saturated heterocycles. The Morgan fingerprint density at radius 3 is 2.45 bits per heavy atom. The second kappa shape index (κ2) is 7.40. The van der Waals surface area contributed by atoms with Gasteiger partial charge in [-0.15, -0.1) is 5.10 Å². The van der Waals surface area contributed by atoms with Gasteiger partial charge in [0.15, 0.2) is 23.5 Å². The Balaban J connectivity index is 1.90. The van der Waals surface area contributed by atoms with Crippen molar-refractivity contribution in [2.24, 2.45) is 5.10 Å². The fourth-order valence-corrected chi connectivity index (χ4v) is 3.35. The summed E-state index contributed by atoms with van der Waals surface area (Å²) < 4.78 is 5.49. The topological polar surface area (TPSA) is 92.2 Å². The summed E-state index contributed by atoms with van der Waals surface area (Å²) in [6, 6.07) is 18.9. The van der Waals surface area contributed by atoms with Gasteiger partial charge in [-0.3, -0.25) is 19.8 Å². The maximum absolute atomic E-state index is 12.4. The molecule has 2 heterocycles. The van der Waals surface area contributed by atoms with E-state index in [1.807, 2.05) is 30.3 Å². The van der Waals surface area contributed by atoms with Crippen molar-refractivity contribution in [1.29, 1.82) is 0 Å². The third kappa shape index (κ3) is 3.45. The predicted octanol–water partition coefficient (Wildman–Crippen LogP) is 4.77. The number of furan rings is 1. The van der Waals surface area contributed by atoms with E-state index in [1.165, 1.54) is 19.1 Å². The highest BCUT2D eigenvalue weighted by Gasteiger charge is 2.41. The molecule has 4 rings (SSSR count). The highest BCUT2D eigenvalue weighted by molar-refractivity contribution is 6.44. The van der Waals surface area contributed by atoms with Crippen molar-refractivity contribution in [3.63, 3.8) is 0 Å². The molecule has 0 aliphatic carbocycles. The molecule has 1 atom stereocenters. The number of carbonyl (C=O) groups excluding carboxylic acids is 1. The number of nitrogens with zero attached hydrogens (tertiary/aromatic N) is 4. The minimum absolute atomic E-state index is 0.167. The molecule has 0 spiro atoms. The van der Waals surface area contributed by atoms with Crippen LogP contribution in [-0.4, -0.2) is 16.5 Å². The molecule has 2 aromatic carbocycles. The molecule has 29 heavy (non-hydrogen) atoms. The number of hydrogen-bond donors (Lipinski definition) is 0. The van der Waals surface area contributed by atoms with E-state index in [0.717, 1.165) is 0 Å². The average Bonchev–Trinajstić information content (AvgIpc) is 3.33. The first kappa shape index (κ1) is 18.7. The Labute approximate surface area is 170 Å². The van der Waals surface area contributed by atoms with Gasteiger partial charge in [-0.25, -0.2) is 5.01 Å². The van der Waals surface area contributed by atoms with Crippen LogP contribution in [0.5, 0.6) is 0 Å². The Kier molecular flexibility index (Phi) is 4.77. The van der Waals surface area contributed by atoms with Gasteiger partial charge < -0.3 is 4.42 Å². The van der Waals surface area contributed by atoms with Crippen LogP contribution in [0.2, 0.25) is 5.02 Å². The highest BCUT2D eigenvalue weighted by atomic mass is 35.5. The van der Waals surface area contributed by atoms with E-state index in [1.54, 1.807) is 34.2 Å². The Morgan fingerprint density at radius 1 is 1.10 bits per heavy atom. The van der Waals surface area contributed by atoms with Gasteiger partial charge in [-0.05, 0) is 36.4 Å². The van der Waals surface area contributed by atoms with Crippen molar-refractivity contribution < 1.29 is 14.1 Å². The quantitative estimate of drug-likeness (QED) is 0.444. The van der Waals surface area contributed by atoms with Crippen LogP contribution in [0.4, 0.5) is 17.3 Å². The normalized spacial score (nSPS) is 16.1. The summed E-state index contributed by atoms with van der Waals surface area (Å²) in [6.45, 7) is 1.41. The average molecular weight is 411 g/mol. The van der Waals surface area contributed by atoms with Gasteiger partial charge in [0.1, 0.15) is 4.92 Å². The number of nitro groups is 1. The van der Waals surface area contributed by atoms with Crippen molar-refractivity contribution in [2.45, 2.75) is 13.1 Å². The van der Waals surface area contributed by atoms with E-state index < -0.39 is 17.0 Å². The Morgan fingerprint density at radius 2 is 1.83 bits per heavy atom. The lowest BCUT2D eigenvalue weighted by atomic mass is 10.2. The molecule has 1 aliphatic rings. The van der Waals surface area contributed by atoms with Crippen LogP contribution in [0.15, 0.2) is 76.2 Å². The lowest BCUT2D eigenvalue weighted by Crippen LogP contribution is -2.37. The molecular weight excluding hydrogens is 396 g/mol. The van der Waals surface area contributed by atoms with E-state index >= 15 is 0 Å². The van der Waals surface area contributed by atoms with E-state index in [0.29, 0.717) is 16.4 Å². The summed E-state index contributed by atoms with van der Waals surface area (Å²) in [5.41, 5.74) is 1.30. The summed E-state index contributed by atoms with van der Waals surface area (Å²) in [5, 5.41) is 17.7. The molecule has 0 bridgehead atoms. The summed E-state index contributed by atoms with van der Waals surface area (Å²) in [4.78, 5) is 24.6. The zero-order chi connectivity index (χ0) is 20.5. The van der Waals surface area contributed by atoms with E-state index in [9.17, 15) is 14.9 Å². The van der Waals surface area contributed by atoms with Crippen LogP contribution in [0.25, 0.3) is 0 Å². The monoisotopic (exact) mass is 410 g/mol. The maximum atomic E-state index is 12.4. The highest BCUT2D eigenvalue weighted by Crippen LogP contribution is 2.40. The molecule has 0 N–H and O–H groups in total. The second-order valence-electron chi connectivity index (χ2n) is 6.32. The number of amidine groups is 1. The van der Waals surface area contributed by atoms with E-state index in [2.05, 4.69) is 5.10 Å². The maximum Gasteiger partial charge on any atom is 0.433 e. The zero-order valence-electron chi connectivity index (χ0n) is 15.2. The largest absolute Gasteiger partial charge is 0.433 e. The number of ketones is 1. The van der Waals surface area contributed by atoms with Gasteiger partial charge in [0.05, 0.1) is 11.8 Å². The van der Waals surface area contributed by atoms with Gasteiger partial charge >= 0.3 is 5.88 Å². The van der Waals surface area contributed by atoms with Gasteiger partial charge in [0.2, 0.25) is 0 Å². The molecular formula is C20H15ClN4O4. The van der Waals surface area contributed by atoms with E-state index in [-0.39, 0.29) is 17.4 Å². The third-order valence-electron chi connectivity index (χ3n) is 4.38. The summed E-state index contributed by atoms with van der Waals surface area (Å²) in [7, 11) is 0. The molecule has 0 radical (unpaired) electrons. The number of hydrazone groups is 1. The van der Waals surface area contributed by atoms with Gasteiger partial charge in [-0.2, -0.15) is 0 Å². The van der Waals surface area contributed by atoms with Crippen LogP contribution in [0, 0.1) is 10.1 Å². The number of benzene rings is 2. The van der Waals surface area contributed by atoms with Crippen LogP contribution in [-0.2, 0) is 4.79 Å². The number of Topliss-reactive ketones (excluding diaryl/α,β-unsaturated/α-hetero) is 1. The van der Waals surface area contributed by atoms with Crippen LogP contribution < -0.4 is 9.91 Å². The zero-order valence-corrected chi connectivity index (χ0v) is 16.0. The van der Waals surface area contributed by atoms with Crippen molar-refractivity contribution in [1.82, 2.24) is 0 Å². The summed E-state index contributed by atoms with van der Waals surface area (Å²) in [5.74, 6) is -0.231. The predicted molar refractivity (Wildman–Crippen MR) is 109 cm³/mol. The molecule has 1 aliphatic heterocycles. The number of rotatable bonds is 5. The molecule has 0 amide bonds. The lowest BCUT2D eigenvalue weighted by Gasteiger charge is -2.30. The number of para-hydroxylation sites is 1. The molecule has 1 aromatic heterocycles. The fourth-order valence-electron chi connectivity index (χ4n) is 3.17. The van der Waals surface area contributed by atoms with Crippen molar-refractivity contribution in [2.75, 3.05) is 9.91 Å². The molecule has 8 nitrogen and oxygen atoms in total. The first-order chi connectivity index (χ1) is 14.0. The molecule has 146 valence electrons. The number of halogens is 1.